The van der Waals surface area contributed by atoms with Gasteiger partial charge >= 0.3 is 0 Å². The van der Waals surface area contributed by atoms with Crippen LogP contribution in [0.25, 0.3) is 10.9 Å². The third-order valence-electron chi connectivity index (χ3n) is 4.18. The molecule has 2 nitrogen and oxygen atoms in total. The van der Waals surface area contributed by atoms with Crippen molar-refractivity contribution < 1.29 is 4.74 Å². The van der Waals surface area contributed by atoms with E-state index in [1.54, 1.807) is 11.8 Å². The Bertz CT molecular complexity index is 914. The van der Waals surface area contributed by atoms with Crippen molar-refractivity contribution in [2.24, 2.45) is 7.05 Å². The van der Waals surface area contributed by atoms with Crippen LogP contribution in [0.1, 0.15) is 11.1 Å². The first-order chi connectivity index (χ1) is 11.7. The lowest BCUT2D eigenvalue weighted by Gasteiger charge is -2.07. The smallest absolute Gasteiger partial charge is 0.149 e. The number of aromatic nitrogens is 1. The number of ether oxygens (including phenoxy) is 1. The summed E-state index contributed by atoms with van der Waals surface area (Å²) < 4.78 is 7.97. The molecule has 0 fully saturated rings. The van der Waals surface area contributed by atoms with Gasteiger partial charge in [-0.2, -0.15) is 0 Å². The van der Waals surface area contributed by atoms with Crippen molar-refractivity contribution in [3.8, 4) is 17.6 Å². The highest BCUT2D eigenvalue weighted by Crippen LogP contribution is 2.26. The van der Waals surface area contributed by atoms with E-state index < -0.39 is 0 Å². The van der Waals surface area contributed by atoms with Gasteiger partial charge in [0, 0.05) is 18.0 Å². The standard InChI is InChI=1S/C21H21NOS/c1-16-9-8-12-20(17(16)2)23-13-6-7-14-24-21-15-18-10-4-5-11-19(18)22(21)3/h4-5,8-12,15H,13-14H2,1-3H3. The predicted molar refractivity (Wildman–Crippen MR) is 103 cm³/mol. The normalized spacial score (nSPS) is 10.5. The number of fused-ring (bicyclic) bond motifs is 1. The van der Waals surface area contributed by atoms with Crippen LogP contribution in [-0.2, 0) is 7.05 Å². The third kappa shape index (κ3) is 3.60. The highest BCUT2D eigenvalue weighted by Gasteiger charge is 2.04. The Labute approximate surface area is 147 Å². The highest BCUT2D eigenvalue weighted by atomic mass is 32.2. The summed E-state index contributed by atoms with van der Waals surface area (Å²) in [5.41, 5.74) is 3.68. The second-order valence-electron chi connectivity index (χ2n) is 5.73. The van der Waals surface area contributed by atoms with Gasteiger partial charge in [-0.05, 0) is 43.2 Å². The first-order valence-corrected chi connectivity index (χ1v) is 8.97. The molecule has 0 spiro atoms. The Kier molecular flexibility index (Phi) is 5.17. The maximum Gasteiger partial charge on any atom is 0.149 e. The summed E-state index contributed by atoms with van der Waals surface area (Å²) >= 11 is 1.76. The monoisotopic (exact) mass is 335 g/mol. The molecule has 1 aromatic heterocycles. The molecule has 0 aliphatic heterocycles. The van der Waals surface area contributed by atoms with Crippen LogP contribution in [-0.4, -0.2) is 16.9 Å². The Balaban J connectivity index is 1.54. The molecule has 3 rings (SSSR count). The van der Waals surface area contributed by atoms with Crippen LogP contribution in [0.5, 0.6) is 5.75 Å². The number of aryl methyl sites for hydroxylation is 2. The van der Waals surface area contributed by atoms with Gasteiger partial charge in [0.15, 0.2) is 0 Å². The van der Waals surface area contributed by atoms with Gasteiger partial charge in [-0.3, -0.25) is 0 Å². The lowest BCUT2D eigenvalue weighted by molar-refractivity contribution is 0.367. The summed E-state index contributed by atoms with van der Waals surface area (Å²) in [6.45, 7) is 4.60. The molecule has 3 aromatic rings. The van der Waals surface area contributed by atoms with Crippen LogP contribution in [0.4, 0.5) is 0 Å². The van der Waals surface area contributed by atoms with Crippen molar-refractivity contribution >= 4 is 22.7 Å². The summed E-state index contributed by atoms with van der Waals surface area (Å²) in [6, 6.07) is 16.7. The number of rotatable bonds is 4. The van der Waals surface area contributed by atoms with Crippen LogP contribution in [0.3, 0.4) is 0 Å². The maximum absolute atomic E-state index is 5.75. The molecular weight excluding hydrogens is 314 g/mol. The quantitative estimate of drug-likeness (QED) is 0.494. The van der Waals surface area contributed by atoms with Gasteiger partial charge < -0.3 is 9.30 Å². The van der Waals surface area contributed by atoms with Crippen molar-refractivity contribution in [2.75, 3.05) is 12.4 Å². The van der Waals surface area contributed by atoms with E-state index in [0.717, 1.165) is 11.5 Å². The molecule has 2 aromatic carbocycles. The van der Waals surface area contributed by atoms with Crippen molar-refractivity contribution in [2.45, 2.75) is 18.9 Å². The van der Waals surface area contributed by atoms with Crippen LogP contribution < -0.4 is 4.74 Å². The first kappa shape index (κ1) is 16.5. The van der Waals surface area contributed by atoms with Gasteiger partial charge in [-0.25, -0.2) is 0 Å². The molecule has 3 heteroatoms. The second-order valence-corrected chi connectivity index (χ2v) is 6.72. The number of hydrogen-bond donors (Lipinski definition) is 0. The Morgan fingerprint density at radius 2 is 1.88 bits per heavy atom. The average molecular weight is 335 g/mol. The SMILES string of the molecule is Cc1cccc(OCC#CCSc2cc3ccccc3n2C)c1C. The molecule has 0 saturated carbocycles. The van der Waals surface area contributed by atoms with Gasteiger partial charge in [0.05, 0.1) is 10.8 Å². The molecule has 0 saturated heterocycles. The van der Waals surface area contributed by atoms with Gasteiger partial charge in [-0.15, -0.1) is 0 Å². The molecule has 122 valence electrons. The minimum atomic E-state index is 0.431. The summed E-state index contributed by atoms with van der Waals surface area (Å²) in [5, 5.41) is 2.51. The zero-order valence-electron chi connectivity index (χ0n) is 14.3. The number of benzene rings is 2. The molecule has 0 aliphatic rings. The molecule has 0 N–H and O–H groups in total. The number of nitrogens with zero attached hydrogens (tertiary/aromatic N) is 1. The third-order valence-corrected chi connectivity index (χ3v) is 5.16. The summed E-state index contributed by atoms with van der Waals surface area (Å²) in [5.74, 6) is 7.97. The zero-order chi connectivity index (χ0) is 16.9. The highest BCUT2D eigenvalue weighted by molar-refractivity contribution is 7.99. The van der Waals surface area contributed by atoms with E-state index >= 15 is 0 Å². The molecule has 0 amide bonds. The number of para-hydroxylation sites is 1. The van der Waals surface area contributed by atoms with Crippen molar-refractivity contribution in [3.05, 3.63) is 59.7 Å². The van der Waals surface area contributed by atoms with Gasteiger partial charge in [0.1, 0.15) is 12.4 Å². The fraction of sp³-hybridized carbons (Fsp3) is 0.238. The molecule has 0 aliphatic carbocycles. The van der Waals surface area contributed by atoms with Crippen LogP contribution >= 0.6 is 11.8 Å². The second kappa shape index (κ2) is 7.51. The minimum absolute atomic E-state index is 0.431. The lowest BCUT2D eigenvalue weighted by atomic mass is 10.1. The van der Waals surface area contributed by atoms with Crippen molar-refractivity contribution in [1.29, 1.82) is 0 Å². The van der Waals surface area contributed by atoms with Gasteiger partial charge in [-0.1, -0.05) is 53.9 Å². The lowest BCUT2D eigenvalue weighted by Crippen LogP contribution is -1.97. The van der Waals surface area contributed by atoms with Crippen molar-refractivity contribution in [3.63, 3.8) is 0 Å². The van der Waals surface area contributed by atoms with E-state index in [-0.39, 0.29) is 0 Å². The Morgan fingerprint density at radius 1 is 1.04 bits per heavy atom. The fourth-order valence-electron chi connectivity index (χ4n) is 2.61. The zero-order valence-corrected chi connectivity index (χ0v) is 15.1. The van der Waals surface area contributed by atoms with Gasteiger partial charge in [0.25, 0.3) is 0 Å². The van der Waals surface area contributed by atoms with Crippen LogP contribution in [0, 0.1) is 25.7 Å². The largest absolute Gasteiger partial charge is 0.481 e. The fourth-order valence-corrected chi connectivity index (χ4v) is 3.43. The van der Waals surface area contributed by atoms with Crippen LogP contribution in [0.2, 0.25) is 0 Å². The minimum Gasteiger partial charge on any atom is -0.481 e. The van der Waals surface area contributed by atoms with Crippen molar-refractivity contribution in [1.82, 2.24) is 4.57 Å². The molecule has 0 atom stereocenters. The van der Waals surface area contributed by atoms with E-state index in [2.05, 4.69) is 73.7 Å². The molecule has 0 radical (unpaired) electrons. The summed E-state index contributed by atoms with van der Waals surface area (Å²) in [6.07, 6.45) is 0. The van der Waals surface area contributed by atoms with E-state index in [0.29, 0.717) is 6.61 Å². The molecule has 0 unspecified atom stereocenters. The van der Waals surface area contributed by atoms with Crippen LogP contribution in [0.15, 0.2) is 53.6 Å². The topological polar surface area (TPSA) is 14.2 Å². The summed E-state index contributed by atoms with van der Waals surface area (Å²) in [7, 11) is 2.10. The number of hydrogen-bond acceptors (Lipinski definition) is 2. The Hall–Kier alpha value is -2.31. The maximum atomic E-state index is 5.75. The molecular formula is C21H21NOS. The van der Waals surface area contributed by atoms with E-state index in [4.69, 9.17) is 4.74 Å². The van der Waals surface area contributed by atoms with E-state index in [1.165, 1.54) is 27.1 Å². The first-order valence-electron chi connectivity index (χ1n) is 7.99. The average Bonchev–Trinajstić information content (AvgIpc) is 2.91. The number of thioether (sulfide) groups is 1. The Morgan fingerprint density at radius 3 is 2.71 bits per heavy atom. The molecule has 1 heterocycles. The molecule has 0 bridgehead atoms. The van der Waals surface area contributed by atoms with E-state index in [9.17, 15) is 0 Å². The summed E-state index contributed by atoms with van der Waals surface area (Å²) in [4.78, 5) is 0. The molecule has 24 heavy (non-hydrogen) atoms. The predicted octanol–water partition coefficient (Wildman–Crippen LogP) is 4.97. The van der Waals surface area contributed by atoms with E-state index in [1.807, 2.05) is 12.1 Å². The van der Waals surface area contributed by atoms with Gasteiger partial charge in [0.2, 0.25) is 0 Å².